The molecule has 0 unspecified atom stereocenters. The van der Waals surface area contributed by atoms with Crippen LogP contribution in [0.3, 0.4) is 0 Å². The maximum Gasteiger partial charge on any atom is 0.253 e. The van der Waals surface area contributed by atoms with E-state index in [2.05, 4.69) is 15.3 Å². The van der Waals surface area contributed by atoms with Crippen molar-refractivity contribution in [1.82, 2.24) is 9.97 Å². The quantitative estimate of drug-likeness (QED) is 0.918. The van der Waals surface area contributed by atoms with Crippen LogP contribution in [-0.4, -0.2) is 41.8 Å². The molecule has 2 aromatic rings. The van der Waals surface area contributed by atoms with Crippen molar-refractivity contribution in [1.29, 1.82) is 0 Å². The maximum absolute atomic E-state index is 12.5. The van der Waals surface area contributed by atoms with Crippen molar-refractivity contribution in [2.75, 3.05) is 25.1 Å². The number of nitrogens with zero attached hydrogens (tertiary/aromatic N) is 2. The number of anilines is 1. The zero-order chi connectivity index (χ0) is 17.1. The Morgan fingerprint density at radius 3 is 3.00 bits per heavy atom. The minimum atomic E-state index is -0.416. The molecule has 130 valence electrons. The molecule has 2 aromatic heterocycles. The normalized spacial score (nSPS) is 25.2. The summed E-state index contributed by atoms with van der Waals surface area (Å²) >= 11 is 0. The Morgan fingerprint density at radius 1 is 1.24 bits per heavy atom. The molecule has 2 saturated heterocycles. The SMILES string of the molecule is O=C(Nc1ccc(Oc2cccnc2)nc1)[C@@H]1OC[C@@H]2COCC[C@@H]21. The zero-order valence-electron chi connectivity index (χ0n) is 13.6. The van der Waals surface area contributed by atoms with Crippen molar-refractivity contribution in [2.24, 2.45) is 11.8 Å². The molecule has 0 aliphatic carbocycles. The van der Waals surface area contributed by atoms with Crippen molar-refractivity contribution < 1.29 is 19.0 Å². The van der Waals surface area contributed by atoms with Gasteiger partial charge in [-0.05, 0) is 24.6 Å². The fraction of sp³-hybridized carbons (Fsp3) is 0.389. The van der Waals surface area contributed by atoms with Gasteiger partial charge in [0.15, 0.2) is 0 Å². The van der Waals surface area contributed by atoms with Gasteiger partial charge in [-0.15, -0.1) is 0 Å². The van der Waals surface area contributed by atoms with Crippen LogP contribution in [0.2, 0.25) is 0 Å². The van der Waals surface area contributed by atoms with Crippen molar-refractivity contribution >= 4 is 11.6 Å². The number of hydrogen-bond acceptors (Lipinski definition) is 6. The van der Waals surface area contributed by atoms with E-state index in [0.29, 0.717) is 43.1 Å². The zero-order valence-corrected chi connectivity index (χ0v) is 13.6. The summed E-state index contributed by atoms with van der Waals surface area (Å²) in [4.78, 5) is 20.7. The molecule has 3 atom stereocenters. The summed E-state index contributed by atoms with van der Waals surface area (Å²) in [5.41, 5.74) is 0.614. The molecule has 0 bridgehead atoms. The molecule has 1 N–H and O–H groups in total. The van der Waals surface area contributed by atoms with E-state index in [1.165, 1.54) is 0 Å². The molecule has 7 nitrogen and oxygen atoms in total. The van der Waals surface area contributed by atoms with E-state index in [-0.39, 0.29) is 11.8 Å². The molecule has 4 heterocycles. The Kier molecular flexibility index (Phi) is 4.58. The first-order chi connectivity index (χ1) is 12.3. The van der Waals surface area contributed by atoms with E-state index in [1.807, 2.05) is 0 Å². The number of nitrogens with one attached hydrogen (secondary N) is 1. The number of carbonyl (C=O) groups excluding carboxylic acids is 1. The Labute approximate surface area is 145 Å². The largest absolute Gasteiger partial charge is 0.437 e. The molecule has 7 heteroatoms. The summed E-state index contributed by atoms with van der Waals surface area (Å²) in [7, 11) is 0. The van der Waals surface area contributed by atoms with Gasteiger partial charge in [-0.1, -0.05) is 0 Å². The topological polar surface area (TPSA) is 82.6 Å². The Balaban J connectivity index is 1.37. The van der Waals surface area contributed by atoms with Gasteiger partial charge in [-0.3, -0.25) is 9.78 Å². The first-order valence-corrected chi connectivity index (χ1v) is 8.34. The second-order valence-corrected chi connectivity index (χ2v) is 6.21. The lowest BCUT2D eigenvalue weighted by molar-refractivity contribution is -0.126. The van der Waals surface area contributed by atoms with E-state index in [0.717, 1.165) is 6.42 Å². The van der Waals surface area contributed by atoms with Gasteiger partial charge in [0.1, 0.15) is 11.9 Å². The van der Waals surface area contributed by atoms with Crippen LogP contribution in [0.25, 0.3) is 0 Å². The Morgan fingerprint density at radius 2 is 2.20 bits per heavy atom. The second kappa shape index (κ2) is 7.16. The molecule has 1 amide bonds. The van der Waals surface area contributed by atoms with Crippen LogP contribution >= 0.6 is 0 Å². The fourth-order valence-corrected chi connectivity index (χ4v) is 3.26. The number of fused-ring (bicyclic) bond motifs is 1. The molecule has 25 heavy (non-hydrogen) atoms. The van der Waals surface area contributed by atoms with Crippen LogP contribution in [0.15, 0.2) is 42.9 Å². The predicted molar refractivity (Wildman–Crippen MR) is 89.3 cm³/mol. The smallest absolute Gasteiger partial charge is 0.253 e. The molecule has 0 aromatic carbocycles. The van der Waals surface area contributed by atoms with Crippen LogP contribution in [-0.2, 0) is 14.3 Å². The lowest BCUT2D eigenvalue weighted by Crippen LogP contribution is -2.37. The number of pyridine rings is 2. The standard InChI is InChI=1S/C18H19N3O4/c22-18(17-15-5-7-23-10-12(15)11-24-17)21-13-3-4-16(20-8-13)25-14-2-1-6-19-9-14/h1-4,6,8-9,12,15,17H,5,7,10-11H2,(H,21,22)/t12-,15-,17+/m0/s1. The third-order valence-corrected chi connectivity index (χ3v) is 4.53. The summed E-state index contributed by atoms with van der Waals surface area (Å²) in [5, 5.41) is 2.87. The number of hydrogen-bond donors (Lipinski definition) is 1. The minimum Gasteiger partial charge on any atom is -0.437 e. The number of carbonyl (C=O) groups is 1. The summed E-state index contributed by atoms with van der Waals surface area (Å²) in [5.74, 6) is 1.47. The third-order valence-electron chi connectivity index (χ3n) is 4.53. The summed E-state index contributed by atoms with van der Waals surface area (Å²) in [6.45, 7) is 1.95. The summed E-state index contributed by atoms with van der Waals surface area (Å²) in [6.07, 6.45) is 5.30. The van der Waals surface area contributed by atoms with Crippen LogP contribution < -0.4 is 10.1 Å². The Hall–Kier alpha value is -2.51. The van der Waals surface area contributed by atoms with Crippen LogP contribution in [0.4, 0.5) is 5.69 Å². The lowest BCUT2D eigenvalue weighted by Gasteiger charge is -2.26. The molecule has 4 rings (SSSR count). The maximum atomic E-state index is 12.5. The molecule has 0 saturated carbocycles. The molecule has 0 spiro atoms. The van der Waals surface area contributed by atoms with Crippen LogP contribution in [0.1, 0.15) is 6.42 Å². The first kappa shape index (κ1) is 16.0. The highest BCUT2D eigenvalue weighted by atomic mass is 16.5. The average Bonchev–Trinajstić information content (AvgIpc) is 3.08. The van der Waals surface area contributed by atoms with Gasteiger partial charge < -0.3 is 19.5 Å². The molecular formula is C18H19N3O4. The summed E-state index contributed by atoms with van der Waals surface area (Å²) < 4.78 is 16.7. The van der Waals surface area contributed by atoms with E-state index in [1.54, 1.807) is 42.9 Å². The van der Waals surface area contributed by atoms with Gasteiger partial charge in [0, 0.05) is 30.7 Å². The number of aromatic nitrogens is 2. The predicted octanol–water partition coefficient (Wildman–Crippen LogP) is 2.26. The van der Waals surface area contributed by atoms with E-state index >= 15 is 0 Å². The van der Waals surface area contributed by atoms with Crippen molar-refractivity contribution in [2.45, 2.75) is 12.5 Å². The molecule has 2 aliphatic rings. The van der Waals surface area contributed by atoms with Gasteiger partial charge in [-0.2, -0.15) is 0 Å². The molecule has 2 aliphatic heterocycles. The fourth-order valence-electron chi connectivity index (χ4n) is 3.26. The van der Waals surface area contributed by atoms with Crippen LogP contribution in [0.5, 0.6) is 11.6 Å². The van der Waals surface area contributed by atoms with Gasteiger partial charge >= 0.3 is 0 Å². The first-order valence-electron chi connectivity index (χ1n) is 8.34. The number of amides is 1. The van der Waals surface area contributed by atoms with Gasteiger partial charge in [0.2, 0.25) is 5.88 Å². The highest BCUT2D eigenvalue weighted by Crippen LogP contribution is 2.34. The number of rotatable bonds is 4. The van der Waals surface area contributed by atoms with Gasteiger partial charge in [0.25, 0.3) is 5.91 Å². The van der Waals surface area contributed by atoms with Gasteiger partial charge in [-0.25, -0.2) is 4.98 Å². The Bertz CT molecular complexity index is 723. The summed E-state index contributed by atoms with van der Waals surface area (Å²) in [6, 6.07) is 7.05. The van der Waals surface area contributed by atoms with Gasteiger partial charge in [0.05, 0.1) is 31.3 Å². The number of ether oxygens (including phenoxy) is 3. The average molecular weight is 341 g/mol. The highest BCUT2D eigenvalue weighted by Gasteiger charge is 2.42. The minimum absolute atomic E-state index is 0.128. The highest BCUT2D eigenvalue weighted by molar-refractivity contribution is 5.94. The van der Waals surface area contributed by atoms with E-state index in [9.17, 15) is 4.79 Å². The monoisotopic (exact) mass is 341 g/mol. The third kappa shape index (κ3) is 3.62. The molecule has 0 radical (unpaired) electrons. The molecule has 2 fully saturated rings. The van der Waals surface area contributed by atoms with Crippen molar-refractivity contribution in [3.63, 3.8) is 0 Å². The van der Waals surface area contributed by atoms with Crippen LogP contribution in [0, 0.1) is 11.8 Å². The van der Waals surface area contributed by atoms with E-state index in [4.69, 9.17) is 14.2 Å². The lowest BCUT2D eigenvalue weighted by atomic mass is 9.86. The molecular weight excluding hydrogens is 322 g/mol. The second-order valence-electron chi connectivity index (χ2n) is 6.21. The van der Waals surface area contributed by atoms with Crippen molar-refractivity contribution in [3.8, 4) is 11.6 Å². The van der Waals surface area contributed by atoms with E-state index < -0.39 is 6.10 Å². The van der Waals surface area contributed by atoms with Crippen molar-refractivity contribution in [3.05, 3.63) is 42.9 Å².